The third kappa shape index (κ3) is 5.28. The van der Waals surface area contributed by atoms with Crippen molar-refractivity contribution in [2.45, 2.75) is 36.2 Å². The molecule has 30 heavy (non-hydrogen) atoms. The molecule has 0 spiro atoms. The number of ether oxygens (including phenoxy) is 1. The Kier molecular flexibility index (Phi) is 6.52. The lowest BCUT2D eigenvalue weighted by Gasteiger charge is -2.32. The van der Waals surface area contributed by atoms with Crippen LogP contribution in [0, 0.1) is 0 Å². The van der Waals surface area contributed by atoms with Gasteiger partial charge in [0.25, 0.3) is 0 Å². The maximum absolute atomic E-state index is 12.4. The van der Waals surface area contributed by atoms with Crippen LogP contribution < -0.4 is 9.46 Å². The Bertz CT molecular complexity index is 1040. The van der Waals surface area contributed by atoms with Crippen LogP contribution in [0.25, 0.3) is 0 Å². The molecular formula is C21H26N4O3S2. The quantitative estimate of drug-likeness (QED) is 0.576. The van der Waals surface area contributed by atoms with Gasteiger partial charge >= 0.3 is 0 Å². The molecule has 0 amide bonds. The first-order valence-electron chi connectivity index (χ1n) is 9.96. The van der Waals surface area contributed by atoms with E-state index in [-0.39, 0.29) is 6.04 Å². The number of benzene rings is 1. The highest BCUT2D eigenvalue weighted by Crippen LogP contribution is 2.20. The molecule has 0 atom stereocenters. The van der Waals surface area contributed by atoms with Crippen LogP contribution in [0.3, 0.4) is 0 Å². The van der Waals surface area contributed by atoms with Crippen LogP contribution in [0.4, 0.5) is 0 Å². The number of nitrogens with zero attached hydrogens (tertiary/aromatic N) is 3. The minimum Gasteiger partial charge on any atom is -0.486 e. The van der Waals surface area contributed by atoms with E-state index in [0.29, 0.717) is 10.8 Å². The average molecular weight is 447 g/mol. The van der Waals surface area contributed by atoms with Gasteiger partial charge in [-0.15, -0.1) is 11.3 Å². The van der Waals surface area contributed by atoms with Gasteiger partial charge in [-0.3, -0.25) is 4.90 Å². The Balaban J connectivity index is 1.23. The van der Waals surface area contributed by atoms with E-state index in [1.807, 2.05) is 29.9 Å². The van der Waals surface area contributed by atoms with Crippen LogP contribution in [0.15, 0.2) is 58.4 Å². The molecule has 3 aromatic rings. The van der Waals surface area contributed by atoms with Crippen molar-refractivity contribution in [3.63, 3.8) is 0 Å². The molecule has 1 aliphatic heterocycles. The smallest absolute Gasteiger partial charge is 0.250 e. The SMILES string of the molecule is Cn1ccnc1COc1ccc(CN2CCC(NS(=O)(=O)c3cccs3)CC2)cc1. The van der Waals surface area contributed by atoms with Gasteiger partial charge in [0.05, 0.1) is 0 Å². The van der Waals surface area contributed by atoms with Gasteiger partial charge in [-0.2, -0.15) is 0 Å². The van der Waals surface area contributed by atoms with Crippen molar-refractivity contribution in [2.75, 3.05) is 13.1 Å². The highest BCUT2D eigenvalue weighted by molar-refractivity contribution is 7.91. The maximum atomic E-state index is 12.4. The molecule has 0 bridgehead atoms. The van der Waals surface area contributed by atoms with Crippen molar-refractivity contribution < 1.29 is 13.2 Å². The number of piperidine rings is 1. The first-order chi connectivity index (χ1) is 14.5. The van der Waals surface area contributed by atoms with Gasteiger partial charge in [-0.1, -0.05) is 18.2 Å². The zero-order chi connectivity index (χ0) is 21.0. The second kappa shape index (κ2) is 9.30. The topological polar surface area (TPSA) is 76.5 Å². The average Bonchev–Trinajstić information content (AvgIpc) is 3.41. The van der Waals surface area contributed by atoms with Crippen molar-refractivity contribution in [2.24, 2.45) is 7.05 Å². The fourth-order valence-electron chi connectivity index (χ4n) is 3.54. The summed E-state index contributed by atoms with van der Waals surface area (Å²) >= 11 is 1.25. The molecule has 1 aliphatic rings. The van der Waals surface area contributed by atoms with E-state index in [1.165, 1.54) is 16.9 Å². The molecule has 0 saturated carbocycles. The van der Waals surface area contributed by atoms with Gasteiger partial charge in [0.15, 0.2) is 0 Å². The zero-order valence-corrected chi connectivity index (χ0v) is 18.5. The third-order valence-electron chi connectivity index (χ3n) is 5.29. The fourth-order valence-corrected chi connectivity index (χ4v) is 5.85. The molecular weight excluding hydrogens is 420 g/mol. The van der Waals surface area contributed by atoms with Gasteiger partial charge in [0.2, 0.25) is 10.0 Å². The minimum absolute atomic E-state index is 0.00440. The Hall–Kier alpha value is -2.20. The summed E-state index contributed by atoms with van der Waals surface area (Å²) in [4.78, 5) is 6.62. The molecule has 160 valence electrons. The molecule has 0 aliphatic carbocycles. The Morgan fingerprint density at radius 2 is 1.97 bits per heavy atom. The zero-order valence-electron chi connectivity index (χ0n) is 16.9. The summed E-state index contributed by atoms with van der Waals surface area (Å²) in [5.74, 6) is 1.71. The normalized spacial score (nSPS) is 16.0. The van der Waals surface area contributed by atoms with Gasteiger partial charge in [-0.25, -0.2) is 18.1 Å². The molecule has 0 unspecified atom stereocenters. The van der Waals surface area contributed by atoms with Crippen LogP contribution in [0.5, 0.6) is 5.75 Å². The molecule has 7 nitrogen and oxygen atoms in total. The molecule has 1 N–H and O–H groups in total. The van der Waals surface area contributed by atoms with Crippen LogP contribution in [-0.2, 0) is 30.2 Å². The summed E-state index contributed by atoms with van der Waals surface area (Å²) in [6, 6.07) is 11.5. The van der Waals surface area contributed by atoms with Crippen molar-refractivity contribution in [1.82, 2.24) is 19.2 Å². The van der Waals surface area contributed by atoms with E-state index in [9.17, 15) is 8.42 Å². The number of aryl methyl sites for hydroxylation is 1. The van der Waals surface area contributed by atoms with Crippen LogP contribution in [0.2, 0.25) is 0 Å². The first kappa shape index (κ1) is 21.0. The monoisotopic (exact) mass is 446 g/mol. The molecule has 1 fully saturated rings. The lowest BCUT2D eigenvalue weighted by atomic mass is 10.1. The lowest BCUT2D eigenvalue weighted by Crippen LogP contribution is -2.44. The number of hydrogen-bond donors (Lipinski definition) is 1. The van der Waals surface area contributed by atoms with E-state index in [1.54, 1.807) is 23.7 Å². The van der Waals surface area contributed by atoms with E-state index in [0.717, 1.165) is 44.0 Å². The highest BCUT2D eigenvalue weighted by Gasteiger charge is 2.25. The first-order valence-corrected chi connectivity index (χ1v) is 12.3. The molecule has 2 aromatic heterocycles. The predicted molar refractivity (Wildman–Crippen MR) is 117 cm³/mol. The van der Waals surface area contributed by atoms with Gasteiger partial charge in [0, 0.05) is 45.1 Å². The second-order valence-electron chi connectivity index (χ2n) is 7.49. The number of aromatic nitrogens is 2. The van der Waals surface area contributed by atoms with E-state index in [2.05, 4.69) is 26.7 Å². The third-order valence-corrected chi connectivity index (χ3v) is 8.21. The number of likely N-dealkylation sites (tertiary alicyclic amines) is 1. The number of sulfonamides is 1. The number of hydrogen-bond acceptors (Lipinski definition) is 6. The lowest BCUT2D eigenvalue weighted by molar-refractivity contribution is 0.200. The van der Waals surface area contributed by atoms with Crippen molar-refractivity contribution >= 4 is 21.4 Å². The molecule has 3 heterocycles. The van der Waals surface area contributed by atoms with Crippen LogP contribution in [-0.4, -0.2) is 42.0 Å². The molecule has 4 rings (SSSR count). The summed E-state index contributed by atoms with van der Waals surface area (Å²) in [6.45, 7) is 3.03. The summed E-state index contributed by atoms with van der Waals surface area (Å²) < 4.78 is 35.7. The molecule has 1 aromatic carbocycles. The second-order valence-corrected chi connectivity index (χ2v) is 10.4. The number of rotatable bonds is 8. The highest BCUT2D eigenvalue weighted by atomic mass is 32.2. The van der Waals surface area contributed by atoms with Crippen LogP contribution >= 0.6 is 11.3 Å². The summed E-state index contributed by atoms with van der Waals surface area (Å²) in [5, 5.41) is 1.78. The molecule has 9 heteroatoms. The maximum Gasteiger partial charge on any atom is 0.250 e. The Labute approximate surface area is 181 Å². The van der Waals surface area contributed by atoms with Crippen molar-refractivity contribution in [3.05, 3.63) is 65.6 Å². The number of imidazole rings is 1. The Morgan fingerprint density at radius 1 is 1.20 bits per heavy atom. The summed E-state index contributed by atoms with van der Waals surface area (Å²) in [7, 11) is -1.44. The standard InChI is InChI=1S/C21H26N4O3S2/c1-24-13-10-22-20(24)16-28-19-6-4-17(5-7-19)15-25-11-8-18(9-12-25)23-30(26,27)21-3-2-14-29-21/h2-7,10,13-14,18,23H,8-9,11-12,15-16H2,1H3. The van der Waals surface area contributed by atoms with E-state index < -0.39 is 10.0 Å². The van der Waals surface area contributed by atoms with Gasteiger partial charge < -0.3 is 9.30 Å². The van der Waals surface area contributed by atoms with Gasteiger partial charge in [0.1, 0.15) is 22.4 Å². The summed E-state index contributed by atoms with van der Waals surface area (Å²) in [6.07, 6.45) is 5.29. The van der Waals surface area contributed by atoms with E-state index in [4.69, 9.17) is 4.74 Å². The largest absolute Gasteiger partial charge is 0.486 e. The molecule has 0 radical (unpaired) electrons. The Morgan fingerprint density at radius 3 is 2.60 bits per heavy atom. The molecule has 1 saturated heterocycles. The summed E-state index contributed by atoms with van der Waals surface area (Å²) in [5.41, 5.74) is 1.22. The number of nitrogens with one attached hydrogen (secondary N) is 1. The predicted octanol–water partition coefficient (Wildman–Crippen LogP) is 3.00. The van der Waals surface area contributed by atoms with Crippen molar-refractivity contribution in [3.8, 4) is 5.75 Å². The van der Waals surface area contributed by atoms with Crippen LogP contribution in [0.1, 0.15) is 24.2 Å². The van der Waals surface area contributed by atoms with E-state index >= 15 is 0 Å². The fraction of sp³-hybridized carbons (Fsp3) is 0.381. The minimum atomic E-state index is -3.39. The van der Waals surface area contributed by atoms with Gasteiger partial charge in [-0.05, 0) is 42.0 Å². The number of thiophene rings is 1. The van der Waals surface area contributed by atoms with Crippen molar-refractivity contribution in [1.29, 1.82) is 0 Å².